The molecule has 0 bridgehead atoms. The molecular formula is C9H7BrFN3O. The van der Waals surface area contributed by atoms with Gasteiger partial charge >= 0.3 is 0 Å². The number of rotatable bonds is 2. The van der Waals surface area contributed by atoms with Crippen LogP contribution in [0.5, 0.6) is 0 Å². The molecule has 2 aromatic rings. The first-order valence-corrected chi connectivity index (χ1v) is 4.97. The molecular weight excluding hydrogens is 265 g/mol. The van der Waals surface area contributed by atoms with E-state index in [1.54, 1.807) is 10.6 Å². The van der Waals surface area contributed by atoms with Crippen molar-refractivity contribution in [2.75, 3.05) is 0 Å². The fraction of sp³-hybridized carbons (Fsp3) is 0.111. The lowest BCUT2D eigenvalue weighted by Gasteiger charge is -2.06. The van der Waals surface area contributed by atoms with Gasteiger partial charge in [0.05, 0.1) is 5.69 Å². The third-order valence-corrected chi connectivity index (χ3v) is 2.56. The van der Waals surface area contributed by atoms with Gasteiger partial charge in [0.1, 0.15) is 18.8 Å². The van der Waals surface area contributed by atoms with E-state index < -0.39 is 0 Å². The summed E-state index contributed by atoms with van der Waals surface area (Å²) in [5, 5.41) is 16.4. The maximum absolute atomic E-state index is 12.9. The summed E-state index contributed by atoms with van der Waals surface area (Å²) in [5.41, 5.74) is 0.686. The van der Waals surface area contributed by atoms with E-state index in [0.717, 1.165) is 0 Å². The van der Waals surface area contributed by atoms with Crippen LogP contribution in [0.1, 0.15) is 5.82 Å². The fourth-order valence-electron chi connectivity index (χ4n) is 1.24. The molecule has 0 aliphatic carbocycles. The summed E-state index contributed by atoms with van der Waals surface area (Å²) in [6, 6.07) is 4.26. The Bertz CT molecular complexity index is 486. The second-order valence-electron chi connectivity index (χ2n) is 2.87. The van der Waals surface area contributed by atoms with Crippen molar-refractivity contribution in [2.45, 2.75) is 6.61 Å². The van der Waals surface area contributed by atoms with Crippen molar-refractivity contribution in [3.05, 3.63) is 40.6 Å². The molecule has 1 heterocycles. The molecule has 0 fully saturated rings. The van der Waals surface area contributed by atoms with E-state index in [9.17, 15) is 4.39 Å². The van der Waals surface area contributed by atoms with Crippen LogP contribution in [-0.2, 0) is 6.61 Å². The van der Waals surface area contributed by atoms with Crippen LogP contribution < -0.4 is 0 Å². The highest BCUT2D eigenvalue weighted by molar-refractivity contribution is 9.10. The maximum Gasteiger partial charge on any atom is 0.163 e. The highest BCUT2D eigenvalue weighted by atomic mass is 79.9. The summed E-state index contributed by atoms with van der Waals surface area (Å²) >= 11 is 3.23. The van der Waals surface area contributed by atoms with Gasteiger partial charge in [-0.2, -0.15) is 0 Å². The highest BCUT2D eigenvalue weighted by Crippen LogP contribution is 2.22. The van der Waals surface area contributed by atoms with E-state index >= 15 is 0 Å². The topological polar surface area (TPSA) is 50.9 Å². The molecule has 15 heavy (non-hydrogen) atoms. The smallest absolute Gasteiger partial charge is 0.163 e. The molecule has 0 radical (unpaired) electrons. The Kier molecular flexibility index (Phi) is 2.79. The summed E-state index contributed by atoms with van der Waals surface area (Å²) in [6.45, 7) is -0.218. The molecule has 0 saturated heterocycles. The number of aromatic nitrogens is 3. The molecule has 0 aliphatic rings. The minimum absolute atomic E-state index is 0.218. The second kappa shape index (κ2) is 4.08. The van der Waals surface area contributed by atoms with Crippen molar-refractivity contribution in [1.29, 1.82) is 0 Å². The van der Waals surface area contributed by atoms with Crippen molar-refractivity contribution in [1.82, 2.24) is 14.8 Å². The normalized spacial score (nSPS) is 10.6. The van der Waals surface area contributed by atoms with Gasteiger partial charge in [-0.1, -0.05) is 0 Å². The molecule has 0 aliphatic heterocycles. The van der Waals surface area contributed by atoms with Crippen LogP contribution in [0.25, 0.3) is 5.69 Å². The van der Waals surface area contributed by atoms with Crippen molar-refractivity contribution in [2.24, 2.45) is 0 Å². The van der Waals surface area contributed by atoms with Crippen LogP contribution in [0.15, 0.2) is 29.0 Å². The minimum Gasteiger partial charge on any atom is -0.388 e. The summed E-state index contributed by atoms with van der Waals surface area (Å²) in [5.74, 6) is 0.0755. The fourth-order valence-corrected chi connectivity index (χ4v) is 1.79. The van der Waals surface area contributed by atoms with Crippen LogP contribution in [0.3, 0.4) is 0 Å². The van der Waals surface area contributed by atoms with E-state index in [2.05, 4.69) is 26.1 Å². The van der Waals surface area contributed by atoms with Crippen LogP contribution in [0.4, 0.5) is 4.39 Å². The molecule has 78 valence electrons. The maximum atomic E-state index is 12.9. The summed E-state index contributed by atoms with van der Waals surface area (Å²) < 4.78 is 15.0. The van der Waals surface area contributed by atoms with Gasteiger partial charge in [0.15, 0.2) is 5.82 Å². The van der Waals surface area contributed by atoms with Crippen LogP contribution >= 0.6 is 15.9 Å². The number of nitrogens with zero attached hydrogens (tertiary/aromatic N) is 3. The molecule has 0 spiro atoms. The summed E-state index contributed by atoms with van der Waals surface area (Å²) in [7, 11) is 0. The first-order valence-electron chi connectivity index (χ1n) is 4.17. The van der Waals surface area contributed by atoms with Crippen molar-refractivity contribution < 1.29 is 9.50 Å². The molecule has 0 unspecified atom stereocenters. The predicted octanol–water partition coefficient (Wildman–Crippen LogP) is 1.66. The zero-order valence-corrected chi connectivity index (χ0v) is 9.15. The second-order valence-corrected chi connectivity index (χ2v) is 3.73. The van der Waals surface area contributed by atoms with Gasteiger partial charge in [-0.15, -0.1) is 10.2 Å². The quantitative estimate of drug-likeness (QED) is 0.904. The van der Waals surface area contributed by atoms with E-state index in [0.29, 0.717) is 16.0 Å². The van der Waals surface area contributed by atoms with Crippen LogP contribution in [-0.4, -0.2) is 19.9 Å². The summed E-state index contributed by atoms with van der Waals surface area (Å²) in [6.07, 6.45) is 1.46. The molecule has 0 atom stereocenters. The first-order chi connectivity index (χ1) is 7.22. The zero-order chi connectivity index (χ0) is 10.8. The predicted molar refractivity (Wildman–Crippen MR) is 54.9 cm³/mol. The number of aliphatic hydroxyl groups is 1. The Morgan fingerprint density at radius 1 is 1.47 bits per heavy atom. The van der Waals surface area contributed by atoms with Gasteiger partial charge in [0, 0.05) is 4.47 Å². The lowest BCUT2D eigenvalue weighted by molar-refractivity contribution is 0.269. The average molecular weight is 272 g/mol. The minimum atomic E-state index is -0.329. The lowest BCUT2D eigenvalue weighted by Crippen LogP contribution is -2.01. The molecule has 0 amide bonds. The third-order valence-electron chi connectivity index (χ3n) is 1.93. The van der Waals surface area contributed by atoms with Crippen molar-refractivity contribution in [3.63, 3.8) is 0 Å². The Labute approximate surface area is 93.5 Å². The number of hydrogen-bond acceptors (Lipinski definition) is 3. The summed E-state index contributed by atoms with van der Waals surface area (Å²) in [4.78, 5) is 0. The Balaban J connectivity index is 2.54. The number of hydrogen-bond donors (Lipinski definition) is 1. The standard InChI is InChI=1S/C9H7BrFN3O/c10-7-3-6(11)1-2-8(7)14-5-12-13-9(14)4-15/h1-3,5,15H,4H2. The molecule has 4 nitrogen and oxygen atoms in total. The van der Waals surface area contributed by atoms with Crippen LogP contribution in [0, 0.1) is 5.82 Å². The molecule has 0 saturated carbocycles. The van der Waals surface area contributed by atoms with Gasteiger partial charge in [-0.25, -0.2) is 4.39 Å². The Morgan fingerprint density at radius 2 is 2.27 bits per heavy atom. The average Bonchev–Trinajstić information content (AvgIpc) is 2.65. The third kappa shape index (κ3) is 1.91. The molecule has 1 aromatic heterocycles. The van der Waals surface area contributed by atoms with Gasteiger partial charge in [0.25, 0.3) is 0 Å². The molecule has 1 N–H and O–H groups in total. The van der Waals surface area contributed by atoms with Gasteiger partial charge in [0.2, 0.25) is 0 Å². The number of halogens is 2. The largest absolute Gasteiger partial charge is 0.388 e. The van der Waals surface area contributed by atoms with E-state index in [-0.39, 0.29) is 12.4 Å². The van der Waals surface area contributed by atoms with Crippen molar-refractivity contribution >= 4 is 15.9 Å². The van der Waals surface area contributed by atoms with Crippen LogP contribution in [0.2, 0.25) is 0 Å². The lowest BCUT2D eigenvalue weighted by atomic mass is 10.3. The molecule has 2 rings (SSSR count). The number of benzene rings is 1. The van der Waals surface area contributed by atoms with Crippen molar-refractivity contribution in [3.8, 4) is 5.69 Å². The zero-order valence-electron chi connectivity index (χ0n) is 7.56. The first kappa shape index (κ1) is 10.3. The molecule has 6 heteroatoms. The van der Waals surface area contributed by atoms with Gasteiger partial charge in [-0.3, -0.25) is 4.57 Å². The Hall–Kier alpha value is -1.27. The van der Waals surface area contributed by atoms with Gasteiger partial charge in [-0.05, 0) is 34.1 Å². The highest BCUT2D eigenvalue weighted by Gasteiger charge is 2.08. The van der Waals surface area contributed by atoms with Gasteiger partial charge < -0.3 is 5.11 Å². The van der Waals surface area contributed by atoms with E-state index in [1.807, 2.05) is 0 Å². The van der Waals surface area contributed by atoms with E-state index in [4.69, 9.17) is 5.11 Å². The Morgan fingerprint density at radius 3 is 2.93 bits per heavy atom. The SMILES string of the molecule is OCc1nncn1-c1ccc(F)cc1Br. The molecule has 1 aromatic carbocycles. The monoisotopic (exact) mass is 271 g/mol. The van der Waals surface area contributed by atoms with E-state index in [1.165, 1.54) is 18.5 Å². The number of aliphatic hydroxyl groups excluding tert-OH is 1.